The summed E-state index contributed by atoms with van der Waals surface area (Å²) in [6.07, 6.45) is 14.3. The van der Waals surface area contributed by atoms with Crippen molar-refractivity contribution < 1.29 is 9.13 Å². The van der Waals surface area contributed by atoms with Crippen molar-refractivity contribution in [3.05, 3.63) is 59.4 Å². The highest BCUT2D eigenvalue weighted by molar-refractivity contribution is 5.25. The van der Waals surface area contributed by atoms with Crippen molar-refractivity contribution >= 4 is 0 Å². The quantitative estimate of drug-likeness (QED) is 0.628. The Labute approximate surface area is 172 Å². The molecule has 0 amide bonds. The Morgan fingerprint density at radius 1 is 1.14 bits per heavy atom. The van der Waals surface area contributed by atoms with Crippen molar-refractivity contribution in [2.75, 3.05) is 6.61 Å². The molecule has 1 aliphatic carbocycles. The van der Waals surface area contributed by atoms with Gasteiger partial charge < -0.3 is 4.74 Å². The zero-order chi connectivity index (χ0) is 20.2. The molecule has 2 fully saturated rings. The van der Waals surface area contributed by atoms with Crippen molar-refractivity contribution in [2.45, 2.75) is 75.2 Å². The third-order valence-corrected chi connectivity index (χ3v) is 6.75. The lowest BCUT2D eigenvalue weighted by Gasteiger charge is -2.46. The van der Waals surface area contributed by atoms with Crippen LogP contribution in [0.5, 0.6) is 0 Å². The van der Waals surface area contributed by atoms with Gasteiger partial charge in [-0.2, -0.15) is 5.26 Å². The molecule has 5 heteroatoms. The number of unbranched alkanes of at least 4 members (excludes halogenated alkanes) is 1. The van der Waals surface area contributed by atoms with Crippen molar-refractivity contribution in [2.24, 2.45) is 0 Å². The molecule has 2 aromatic rings. The number of nitrogens with zero attached hydrogens (tertiary/aromatic N) is 3. The Kier molecular flexibility index (Phi) is 5.91. The summed E-state index contributed by atoms with van der Waals surface area (Å²) in [6, 6.07) is 9.47. The highest BCUT2D eigenvalue weighted by Gasteiger charge is 2.48. The van der Waals surface area contributed by atoms with Gasteiger partial charge in [-0.1, -0.05) is 25.3 Å². The second kappa shape index (κ2) is 8.59. The first-order valence-corrected chi connectivity index (χ1v) is 10.7. The predicted molar refractivity (Wildman–Crippen MR) is 109 cm³/mol. The van der Waals surface area contributed by atoms with E-state index < -0.39 is 5.82 Å². The molecule has 4 rings (SSSR count). The second-order valence-corrected chi connectivity index (χ2v) is 8.65. The Balaban J connectivity index is 1.44. The highest BCUT2D eigenvalue weighted by Crippen LogP contribution is 2.50. The average molecular weight is 394 g/mol. The molecule has 2 aliphatic rings. The summed E-state index contributed by atoms with van der Waals surface area (Å²) >= 11 is 0. The molecule has 1 saturated heterocycles. The monoisotopic (exact) mass is 393 g/mol. The van der Waals surface area contributed by atoms with Gasteiger partial charge in [0, 0.05) is 30.1 Å². The molecule has 1 aliphatic heterocycles. The van der Waals surface area contributed by atoms with Gasteiger partial charge in [0.2, 0.25) is 0 Å². The summed E-state index contributed by atoms with van der Waals surface area (Å²) in [5.41, 5.74) is 2.02. The van der Waals surface area contributed by atoms with Gasteiger partial charge >= 0.3 is 0 Å². The van der Waals surface area contributed by atoms with Gasteiger partial charge in [-0.15, -0.1) is 0 Å². The molecule has 2 aromatic heterocycles. The number of hydrogen-bond acceptors (Lipinski definition) is 4. The summed E-state index contributed by atoms with van der Waals surface area (Å²) in [4.78, 5) is 8.66. The van der Waals surface area contributed by atoms with Gasteiger partial charge in [-0.05, 0) is 68.7 Å². The van der Waals surface area contributed by atoms with Crippen LogP contribution in [0.25, 0.3) is 0 Å². The van der Waals surface area contributed by atoms with Crippen LogP contribution in [0.1, 0.15) is 74.7 Å². The lowest BCUT2D eigenvalue weighted by Crippen LogP contribution is -2.46. The van der Waals surface area contributed by atoms with E-state index in [1.165, 1.54) is 24.6 Å². The minimum Gasteiger partial charge on any atom is -0.375 e. The number of hydrogen-bond donors (Lipinski definition) is 0. The van der Waals surface area contributed by atoms with E-state index >= 15 is 0 Å². The summed E-state index contributed by atoms with van der Waals surface area (Å²) in [5.74, 6) is -0.525. The van der Waals surface area contributed by atoms with E-state index in [1.807, 2.05) is 12.3 Å². The molecule has 1 atom stereocenters. The van der Waals surface area contributed by atoms with E-state index in [2.05, 4.69) is 17.1 Å². The van der Waals surface area contributed by atoms with E-state index in [9.17, 15) is 4.39 Å². The fraction of sp³-hybridized carbons (Fsp3) is 0.542. The number of ether oxygens (including phenoxy) is 1. The normalized spacial score (nSPS) is 23.2. The lowest BCUT2D eigenvalue weighted by molar-refractivity contribution is -0.104. The molecule has 0 radical (unpaired) electrons. The summed E-state index contributed by atoms with van der Waals surface area (Å²) in [7, 11) is 0. The molecule has 1 spiro atoms. The molecule has 1 saturated carbocycles. The number of halogens is 1. The van der Waals surface area contributed by atoms with Crippen LogP contribution in [0, 0.1) is 17.1 Å². The first kappa shape index (κ1) is 20.0. The maximum atomic E-state index is 13.8. The fourth-order valence-electron chi connectivity index (χ4n) is 5.29. The Hall–Kier alpha value is -2.32. The van der Waals surface area contributed by atoms with Gasteiger partial charge in [0.15, 0.2) is 11.5 Å². The molecule has 3 heterocycles. The average Bonchev–Trinajstić information content (AvgIpc) is 3.19. The van der Waals surface area contributed by atoms with Gasteiger partial charge in [0.1, 0.15) is 6.07 Å². The molecule has 0 aromatic carbocycles. The highest BCUT2D eigenvalue weighted by atomic mass is 19.1. The molecule has 4 nitrogen and oxygen atoms in total. The summed E-state index contributed by atoms with van der Waals surface area (Å²) < 4.78 is 20.1. The van der Waals surface area contributed by atoms with Crippen molar-refractivity contribution in [3.8, 4) is 6.07 Å². The third kappa shape index (κ3) is 4.33. The van der Waals surface area contributed by atoms with Crippen LogP contribution >= 0.6 is 0 Å². The van der Waals surface area contributed by atoms with Crippen LogP contribution in [0.3, 0.4) is 0 Å². The van der Waals surface area contributed by atoms with Gasteiger partial charge in [0.25, 0.3) is 0 Å². The molecule has 0 bridgehead atoms. The largest absolute Gasteiger partial charge is 0.375 e. The number of rotatable bonds is 6. The third-order valence-electron chi connectivity index (χ3n) is 6.75. The van der Waals surface area contributed by atoms with Crippen LogP contribution in [0.2, 0.25) is 0 Å². The summed E-state index contributed by atoms with van der Waals surface area (Å²) in [6.45, 7) is 0.807. The minimum absolute atomic E-state index is 0.0376. The van der Waals surface area contributed by atoms with Gasteiger partial charge in [0.05, 0.1) is 5.60 Å². The zero-order valence-electron chi connectivity index (χ0n) is 16.9. The summed E-state index contributed by atoms with van der Waals surface area (Å²) in [5, 5.41) is 8.82. The molecule has 1 unspecified atom stereocenters. The fourth-order valence-corrected chi connectivity index (χ4v) is 5.29. The minimum atomic E-state index is -0.525. The maximum Gasteiger partial charge on any atom is 0.176 e. The van der Waals surface area contributed by atoms with E-state index in [-0.39, 0.29) is 16.7 Å². The van der Waals surface area contributed by atoms with E-state index in [0.717, 1.165) is 63.5 Å². The molecule has 29 heavy (non-hydrogen) atoms. The molecular formula is C24H28FN3O. The van der Waals surface area contributed by atoms with Crippen LogP contribution in [-0.4, -0.2) is 22.2 Å². The van der Waals surface area contributed by atoms with Crippen LogP contribution < -0.4 is 0 Å². The van der Waals surface area contributed by atoms with Crippen molar-refractivity contribution in [1.82, 2.24) is 9.97 Å². The molecule has 0 N–H and O–H groups in total. The van der Waals surface area contributed by atoms with Crippen molar-refractivity contribution in [3.63, 3.8) is 0 Å². The Morgan fingerprint density at radius 2 is 2.00 bits per heavy atom. The first-order chi connectivity index (χ1) is 14.1. The number of aryl methyl sites for hydroxylation is 1. The first-order valence-electron chi connectivity index (χ1n) is 10.7. The second-order valence-electron chi connectivity index (χ2n) is 8.65. The Bertz CT molecular complexity index is 873. The SMILES string of the molecule is N#Cc1ncc(CCCCC2(c3ccccn3)CCOC3(CCCC3)C2)cc1F. The predicted octanol–water partition coefficient (Wildman–Crippen LogP) is 5.26. The van der Waals surface area contributed by atoms with Crippen LogP contribution in [0.15, 0.2) is 36.7 Å². The standard InChI is InChI=1S/C24H28FN3O/c25-20-15-19(17-28-21(20)16-26)7-1-3-9-23(22-8-2-6-13-27-22)12-14-29-24(18-23)10-4-5-11-24/h2,6,8,13,15,17H,1,3-5,7,9-12,14,18H2. The number of aromatic nitrogens is 2. The number of pyridine rings is 2. The van der Waals surface area contributed by atoms with Crippen molar-refractivity contribution in [1.29, 1.82) is 5.26 Å². The lowest BCUT2D eigenvalue weighted by atomic mass is 9.67. The van der Waals surface area contributed by atoms with Gasteiger partial charge in [-0.3, -0.25) is 4.98 Å². The molecular weight excluding hydrogens is 365 g/mol. The maximum absolute atomic E-state index is 13.8. The van der Waals surface area contributed by atoms with E-state index in [0.29, 0.717) is 0 Å². The van der Waals surface area contributed by atoms with Gasteiger partial charge in [-0.25, -0.2) is 9.37 Å². The number of nitriles is 1. The topological polar surface area (TPSA) is 58.8 Å². The van der Waals surface area contributed by atoms with Crippen LogP contribution in [0.4, 0.5) is 4.39 Å². The Morgan fingerprint density at radius 3 is 2.72 bits per heavy atom. The van der Waals surface area contributed by atoms with Crippen LogP contribution in [-0.2, 0) is 16.6 Å². The van der Waals surface area contributed by atoms with E-state index in [4.69, 9.17) is 15.0 Å². The zero-order valence-corrected chi connectivity index (χ0v) is 16.9. The molecule has 152 valence electrons. The smallest absolute Gasteiger partial charge is 0.176 e. The van der Waals surface area contributed by atoms with E-state index in [1.54, 1.807) is 12.3 Å².